The van der Waals surface area contributed by atoms with Gasteiger partial charge in [-0.1, -0.05) is 36.4 Å². The normalized spacial score (nSPS) is 10.5. The molecule has 0 radical (unpaired) electrons. The summed E-state index contributed by atoms with van der Waals surface area (Å²) < 4.78 is 27.9. The zero-order chi connectivity index (χ0) is 17.1. The van der Waals surface area contributed by atoms with E-state index in [-0.39, 0.29) is 11.5 Å². The van der Waals surface area contributed by atoms with Crippen LogP contribution in [0.15, 0.2) is 66.7 Å². The van der Waals surface area contributed by atoms with E-state index in [0.717, 1.165) is 5.56 Å². The van der Waals surface area contributed by atoms with Gasteiger partial charge < -0.3 is 5.32 Å². The number of carbonyl (C=O) groups excluding carboxylic acids is 1. The highest BCUT2D eigenvalue weighted by molar-refractivity contribution is 6.04. The van der Waals surface area contributed by atoms with E-state index in [1.807, 2.05) is 13.0 Å². The van der Waals surface area contributed by atoms with Gasteiger partial charge in [0.2, 0.25) is 0 Å². The Balaban J connectivity index is 1.97. The second kappa shape index (κ2) is 6.62. The van der Waals surface area contributed by atoms with Gasteiger partial charge in [0.05, 0.1) is 5.56 Å². The topological polar surface area (TPSA) is 29.1 Å². The first-order valence-electron chi connectivity index (χ1n) is 7.47. The molecule has 0 aliphatic carbocycles. The molecule has 0 bridgehead atoms. The van der Waals surface area contributed by atoms with Gasteiger partial charge in [0.25, 0.3) is 5.91 Å². The van der Waals surface area contributed by atoms with Gasteiger partial charge in [-0.15, -0.1) is 0 Å². The number of benzene rings is 3. The van der Waals surface area contributed by atoms with Gasteiger partial charge in [-0.05, 0) is 48.4 Å². The Morgan fingerprint density at radius 2 is 1.54 bits per heavy atom. The van der Waals surface area contributed by atoms with E-state index in [2.05, 4.69) is 5.32 Å². The number of hydrogen-bond donors (Lipinski definition) is 1. The van der Waals surface area contributed by atoms with E-state index in [1.165, 1.54) is 18.2 Å². The lowest BCUT2D eigenvalue weighted by Gasteiger charge is -2.12. The average molecular weight is 323 g/mol. The zero-order valence-electron chi connectivity index (χ0n) is 13.0. The molecule has 3 rings (SSSR count). The highest BCUT2D eigenvalue weighted by Gasteiger charge is 2.13. The van der Waals surface area contributed by atoms with E-state index in [4.69, 9.17) is 0 Å². The maximum Gasteiger partial charge on any atom is 0.255 e. The summed E-state index contributed by atoms with van der Waals surface area (Å²) in [6.45, 7) is 1.82. The maximum absolute atomic E-state index is 14.0. The highest BCUT2D eigenvalue weighted by Crippen LogP contribution is 2.29. The third kappa shape index (κ3) is 3.18. The summed E-state index contributed by atoms with van der Waals surface area (Å²) in [6, 6.07) is 17.4. The quantitative estimate of drug-likeness (QED) is 0.706. The van der Waals surface area contributed by atoms with Crippen LogP contribution in [0.2, 0.25) is 0 Å². The largest absolute Gasteiger partial charge is 0.322 e. The minimum absolute atomic E-state index is 0.104. The fourth-order valence-corrected chi connectivity index (χ4v) is 2.47. The molecule has 4 heteroatoms. The number of nitrogens with one attached hydrogen (secondary N) is 1. The smallest absolute Gasteiger partial charge is 0.255 e. The van der Waals surface area contributed by atoms with Crippen LogP contribution in [-0.4, -0.2) is 5.91 Å². The summed E-state index contributed by atoms with van der Waals surface area (Å²) in [7, 11) is 0. The van der Waals surface area contributed by atoms with Crippen molar-refractivity contribution in [2.24, 2.45) is 0 Å². The molecule has 1 N–H and O–H groups in total. The van der Waals surface area contributed by atoms with Crippen molar-refractivity contribution >= 4 is 11.6 Å². The molecule has 0 saturated heterocycles. The van der Waals surface area contributed by atoms with Crippen molar-refractivity contribution in [2.45, 2.75) is 6.92 Å². The monoisotopic (exact) mass is 323 g/mol. The van der Waals surface area contributed by atoms with Gasteiger partial charge in [0.1, 0.15) is 11.6 Å². The lowest BCUT2D eigenvalue weighted by molar-refractivity contribution is 0.102. The van der Waals surface area contributed by atoms with Gasteiger partial charge >= 0.3 is 0 Å². The van der Waals surface area contributed by atoms with E-state index in [0.29, 0.717) is 16.8 Å². The summed E-state index contributed by atoms with van der Waals surface area (Å²) in [5.41, 5.74) is 2.11. The Kier molecular flexibility index (Phi) is 4.38. The predicted molar refractivity (Wildman–Crippen MR) is 90.9 cm³/mol. The molecule has 2 nitrogen and oxygen atoms in total. The van der Waals surface area contributed by atoms with Crippen LogP contribution in [0.3, 0.4) is 0 Å². The molecule has 0 fully saturated rings. The molecule has 3 aromatic rings. The molecule has 1 amide bonds. The van der Waals surface area contributed by atoms with Crippen LogP contribution in [0.4, 0.5) is 14.5 Å². The fourth-order valence-electron chi connectivity index (χ4n) is 2.47. The number of rotatable bonds is 3. The number of carbonyl (C=O) groups is 1. The van der Waals surface area contributed by atoms with Gasteiger partial charge in [0.15, 0.2) is 0 Å². The minimum Gasteiger partial charge on any atom is -0.322 e. The summed E-state index contributed by atoms with van der Waals surface area (Å²) in [4.78, 5) is 12.3. The molecular weight excluding hydrogens is 308 g/mol. The number of hydrogen-bond acceptors (Lipinski definition) is 1. The van der Waals surface area contributed by atoms with Crippen LogP contribution >= 0.6 is 0 Å². The first-order chi connectivity index (χ1) is 11.6. The van der Waals surface area contributed by atoms with Crippen LogP contribution < -0.4 is 5.32 Å². The van der Waals surface area contributed by atoms with Crippen LogP contribution in [-0.2, 0) is 0 Å². The molecule has 0 atom stereocenters. The van der Waals surface area contributed by atoms with Crippen molar-refractivity contribution in [2.75, 3.05) is 5.32 Å². The summed E-state index contributed by atoms with van der Waals surface area (Å²) >= 11 is 0. The molecule has 24 heavy (non-hydrogen) atoms. The van der Waals surface area contributed by atoms with Gasteiger partial charge in [-0.2, -0.15) is 0 Å². The predicted octanol–water partition coefficient (Wildman–Crippen LogP) is 5.19. The summed E-state index contributed by atoms with van der Waals surface area (Å²) in [5.74, 6) is -1.55. The molecular formula is C20H15F2NO. The molecule has 120 valence electrons. The first kappa shape index (κ1) is 15.9. The Morgan fingerprint density at radius 3 is 2.21 bits per heavy atom. The van der Waals surface area contributed by atoms with Crippen molar-refractivity contribution in [1.29, 1.82) is 0 Å². The molecule has 0 unspecified atom stereocenters. The van der Waals surface area contributed by atoms with Crippen molar-refractivity contribution in [1.82, 2.24) is 0 Å². The van der Waals surface area contributed by atoms with Crippen molar-refractivity contribution in [3.8, 4) is 11.1 Å². The standard InChI is InChI=1S/C20H15F2NO/c1-13-10-11-15(19-16(21)8-5-9-17(19)22)12-18(13)23-20(24)14-6-3-2-4-7-14/h2-12H,1H3,(H,23,24). The molecule has 3 aromatic carbocycles. The SMILES string of the molecule is Cc1ccc(-c2c(F)cccc2F)cc1NC(=O)c1ccccc1. The third-order valence-electron chi connectivity index (χ3n) is 3.77. The second-order valence-corrected chi connectivity index (χ2v) is 5.45. The summed E-state index contributed by atoms with van der Waals surface area (Å²) in [6.07, 6.45) is 0. The zero-order valence-corrected chi connectivity index (χ0v) is 13.0. The van der Waals surface area contributed by atoms with E-state index in [1.54, 1.807) is 42.5 Å². The molecule has 0 aliphatic rings. The van der Waals surface area contributed by atoms with Crippen molar-refractivity contribution in [3.05, 3.63) is 89.5 Å². The van der Waals surface area contributed by atoms with Crippen molar-refractivity contribution in [3.63, 3.8) is 0 Å². The Bertz CT molecular complexity index is 871. The van der Waals surface area contributed by atoms with Crippen LogP contribution in [0.1, 0.15) is 15.9 Å². The Hall–Kier alpha value is -3.01. The molecule has 0 heterocycles. The maximum atomic E-state index is 14.0. The number of amides is 1. The molecule has 0 aliphatic heterocycles. The Morgan fingerprint density at radius 1 is 0.875 bits per heavy atom. The first-order valence-corrected chi connectivity index (χ1v) is 7.47. The molecule has 0 spiro atoms. The highest BCUT2D eigenvalue weighted by atomic mass is 19.1. The number of aryl methyl sites for hydroxylation is 1. The van der Waals surface area contributed by atoms with E-state index in [9.17, 15) is 13.6 Å². The minimum atomic E-state index is -0.640. The lowest BCUT2D eigenvalue weighted by Crippen LogP contribution is -2.12. The van der Waals surface area contributed by atoms with Gasteiger partial charge in [-0.3, -0.25) is 4.79 Å². The number of anilines is 1. The van der Waals surface area contributed by atoms with Gasteiger partial charge in [0, 0.05) is 11.3 Å². The lowest BCUT2D eigenvalue weighted by atomic mass is 10.0. The van der Waals surface area contributed by atoms with E-state index >= 15 is 0 Å². The third-order valence-corrected chi connectivity index (χ3v) is 3.77. The second-order valence-electron chi connectivity index (χ2n) is 5.45. The summed E-state index contributed by atoms with van der Waals surface area (Å²) in [5, 5.41) is 2.79. The van der Waals surface area contributed by atoms with Crippen LogP contribution in [0, 0.1) is 18.6 Å². The van der Waals surface area contributed by atoms with Crippen LogP contribution in [0.5, 0.6) is 0 Å². The molecule has 0 saturated carbocycles. The molecule has 0 aromatic heterocycles. The van der Waals surface area contributed by atoms with Gasteiger partial charge in [-0.25, -0.2) is 8.78 Å². The van der Waals surface area contributed by atoms with Crippen molar-refractivity contribution < 1.29 is 13.6 Å². The van der Waals surface area contributed by atoms with Crippen LogP contribution in [0.25, 0.3) is 11.1 Å². The van der Waals surface area contributed by atoms with E-state index < -0.39 is 11.6 Å². The fraction of sp³-hybridized carbons (Fsp3) is 0.0500. The Labute approximate surface area is 138 Å². The average Bonchev–Trinajstić information content (AvgIpc) is 2.58. The number of halogens is 2.